The number of benzene rings is 1. The fourth-order valence-corrected chi connectivity index (χ4v) is 3.32. The fourth-order valence-electron chi connectivity index (χ4n) is 2.10. The molecular weight excluding hydrogens is 274 g/mol. The number of hydrogen-bond acceptors (Lipinski definition) is 2. The first-order chi connectivity index (χ1) is 9.29. The van der Waals surface area contributed by atoms with E-state index in [2.05, 4.69) is 36.6 Å². The summed E-state index contributed by atoms with van der Waals surface area (Å²) in [6, 6.07) is 10.4. The Morgan fingerprint density at radius 1 is 1.21 bits per heavy atom. The molecule has 1 nitrogen and oxygen atoms in total. The van der Waals surface area contributed by atoms with Crippen molar-refractivity contribution in [2.24, 2.45) is 0 Å². The molecule has 102 valence electrons. The van der Waals surface area contributed by atoms with Gasteiger partial charge < -0.3 is 0 Å². The first-order valence-corrected chi connectivity index (χ1v) is 8.25. The zero-order valence-electron chi connectivity index (χ0n) is 11.3. The standard InChI is InChI=1S/C16H20ClNS/c1-2-7-14(17)10-6-11-16-18-15(12-19-16)13-8-4-3-5-9-13/h3-5,8-9,12,14H,2,6-7,10-11H2,1H3. The van der Waals surface area contributed by atoms with Gasteiger partial charge in [-0.15, -0.1) is 22.9 Å². The van der Waals surface area contributed by atoms with Crippen molar-refractivity contribution in [1.82, 2.24) is 4.98 Å². The average molecular weight is 294 g/mol. The molecule has 19 heavy (non-hydrogen) atoms. The van der Waals surface area contributed by atoms with E-state index in [9.17, 15) is 0 Å². The number of aromatic nitrogens is 1. The minimum Gasteiger partial charge on any atom is -0.241 e. The monoisotopic (exact) mass is 293 g/mol. The molecule has 0 bridgehead atoms. The lowest BCUT2D eigenvalue weighted by Crippen LogP contribution is -1.98. The highest BCUT2D eigenvalue weighted by molar-refractivity contribution is 7.09. The third-order valence-corrected chi connectivity index (χ3v) is 4.48. The quantitative estimate of drug-likeness (QED) is 0.611. The molecule has 0 saturated heterocycles. The molecule has 0 aliphatic carbocycles. The summed E-state index contributed by atoms with van der Waals surface area (Å²) in [6.07, 6.45) is 5.56. The van der Waals surface area contributed by atoms with E-state index in [1.807, 2.05) is 6.07 Å². The Bertz CT molecular complexity index is 481. The van der Waals surface area contributed by atoms with E-state index in [1.54, 1.807) is 11.3 Å². The Balaban J connectivity index is 1.85. The normalized spacial score (nSPS) is 12.5. The maximum absolute atomic E-state index is 6.23. The van der Waals surface area contributed by atoms with Crippen molar-refractivity contribution in [1.29, 1.82) is 0 Å². The van der Waals surface area contributed by atoms with Crippen LogP contribution in [0.1, 0.15) is 37.6 Å². The van der Waals surface area contributed by atoms with Crippen molar-refractivity contribution in [3.63, 3.8) is 0 Å². The number of aryl methyl sites for hydroxylation is 1. The minimum absolute atomic E-state index is 0.332. The molecular formula is C16H20ClNS. The van der Waals surface area contributed by atoms with E-state index in [0.29, 0.717) is 5.38 Å². The highest BCUT2D eigenvalue weighted by Gasteiger charge is 2.06. The summed E-state index contributed by atoms with van der Waals surface area (Å²) in [7, 11) is 0. The number of nitrogens with zero attached hydrogens (tertiary/aromatic N) is 1. The third kappa shape index (κ3) is 4.63. The summed E-state index contributed by atoms with van der Waals surface area (Å²) in [6.45, 7) is 2.18. The van der Waals surface area contributed by atoms with Crippen molar-refractivity contribution in [3.05, 3.63) is 40.7 Å². The van der Waals surface area contributed by atoms with Gasteiger partial charge in [-0.1, -0.05) is 43.7 Å². The molecule has 0 aliphatic heterocycles. The molecule has 0 radical (unpaired) electrons. The second-order valence-electron chi connectivity index (χ2n) is 4.77. The SMILES string of the molecule is CCCC(Cl)CCCc1nc(-c2ccccc2)cs1. The Morgan fingerprint density at radius 3 is 2.74 bits per heavy atom. The summed E-state index contributed by atoms with van der Waals surface area (Å²) < 4.78 is 0. The van der Waals surface area contributed by atoms with Crippen LogP contribution >= 0.6 is 22.9 Å². The van der Waals surface area contributed by atoms with Crippen LogP contribution in [0, 0.1) is 0 Å². The van der Waals surface area contributed by atoms with Crippen LogP contribution in [0.2, 0.25) is 0 Å². The van der Waals surface area contributed by atoms with Gasteiger partial charge in [0.2, 0.25) is 0 Å². The van der Waals surface area contributed by atoms with Crippen molar-refractivity contribution in [2.75, 3.05) is 0 Å². The number of thiazole rings is 1. The Kier molecular flexibility index (Phi) is 5.87. The molecule has 0 amide bonds. The van der Waals surface area contributed by atoms with Crippen molar-refractivity contribution in [3.8, 4) is 11.3 Å². The molecule has 1 aromatic heterocycles. The van der Waals surface area contributed by atoms with Gasteiger partial charge in [0.05, 0.1) is 10.7 Å². The number of halogens is 1. The van der Waals surface area contributed by atoms with Gasteiger partial charge in [0, 0.05) is 16.3 Å². The molecule has 1 atom stereocenters. The molecule has 2 aromatic rings. The molecule has 1 unspecified atom stereocenters. The number of alkyl halides is 1. The number of rotatable bonds is 7. The molecule has 2 rings (SSSR count). The zero-order chi connectivity index (χ0) is 13.5. The van der Waals surface area contributed by atoms with Crippen LogP contribution < -0.4 is 0 Å². The minimum atomic E-state index is 0.332. The molecule has 1 aromatic carbocycles. The third-order valence-electron chi connectivity index (χ3n) is 3.13. The van der Waals surface area contributed by atoms with Crippen LogP contribution in [0.3, 0.4) is 0 Å². The molecule has 0 aliphatic rings. The maximum atomic E-state index is 6.23. The molecule has 0 spiro atoms. The summed E-state index contributed by atoms with van der Waals surface area (Å²) in [5.41, 5.74) is 2.29. The lowest BCUT2D eigenvalue weighted by atomic mass is 10.1. The lowest BCUT2D eigenvalue weighted by Gasteiger charge is -2.05. The van der Waals surface area contributed by atoms with E-state index in [-0.39, 0.29) is 0 Å². The van der Waals surface area contributed by atoms with E-state index in [0.717, 1.165) is 31.4 Å². The van der Waals surface area contributed by atoms with Crippen molar-refractivity contribution in [2.45, 2.75) is 44.4 Å². The Labute approximate surface area is 124 Å². The highest BCUT2D eigenvalue weighted by Crippen LogP contribution is 2.23. The first kappa shape index (κ1) is 14.5. The van der Waals surface area contributed by atoms with Gasteiger partial charge in [-0.3, -0.25) is 0 Å². The predicted octanol–water partition coefficient (Wildman–Crippen LogP) is 5.54. The van der Waals surface area contributed by atoms with Gasteiger partial charge in [-0.05, 0) is 25.7 Å². The van der Waals surface area contributed by atoms with Crippen LogP contribution in [0.25, 0.3) is 11.3 Å². The van der Waals surface area contributed by atoms with Crippen LogP contribution in [-0.2, 0) is 6.42 Å². The highest BCUT2D eigenvalue weighted by atomic mass is 35.5. The summed E-state index contributed by atoms with van der Waals surface area (Å²) in [5.74, 6) is 0. The summed E-state index contributed by atoms with van der Waals surface area (Å²) in [5, 5.41) is 3.70. The van der Waals surface area contributed by atoms with Gasteiger partial charge in [-0.2, -0.15) is 0 Å². The average Bonchev–Trinajstić information content (AvgIpc) is 2.89. The van der Waals surface area contributed by atoms with Gasteiger partial charge in [0.25, 0.3) is 0 Å². The topological polar surface area (TPSA) is 12.9 Å². The number of hydrogen-bond donors (Lipinski definition) is 0. The van der Waals surface area contributed by atoms with Crippen LogP contribution in [0.4, 0.5) is 0 Å². The molecule has 0 saturated carbocycles. The van der Waals surface area contributed by atoms with Crippen molar-refractivity contribution < 1.29 is 0 Å². The maximum Gasteiger partial charge on any atom is 0.0932 e. The van der Waals surface area contributed by atoms with Gasteiger partial charge in [0.1, 0.15) is 0 Å². The van der Waals surface area contributed by atoms with Gasteiger partial charge in [-0.25, -0.2) is 4.98 Å². The second-order valence-corrected chi connectivity index (χ2v) is 6.33. The summed E-state index contributed by atoms with van der Waals surface area (Å²) in [4.78, 5) is 4.70. The molecule has 1 heterocycles. The zero-order valence-corrected chi connectivity index (χ0v) is 12.9. The van der Waals surface area contributed by atoms with E-state index >= 15 is 0 Å². The van der Waals surface area contributed by atoms with E-state index in [4.69, 9.17) is 16.6 Å². The van der Waals surface area contributed by atoms with Crippen LogP contribution in [0.5, 0.6) is 0 Å². The van der Waals surface area contributed by atoms with Crippen LogP contribution in [-0.4, -0.2) is 10.4 Å². The molecule has 0 N–H and O–H groups in total. The molecule has 0 fully saturated rings. The smallest absolute Gasteiger partial charge is 0.0932 e. The largest absolute Gasteiger partial charge is 0.241 e. The summed E-state index contributed by atoms with van der Waals surface area (Å²) >= 11 is 7.99. The van der Waals surface area contributed by atoms with Crippen LogP contribution in [0.15, 0.2) is 35.7 Å². The fraction of sp³-hybridized carbons (Fsp3) is 0.438. The Morgan fingerprint density at radius 2 is 2.00 bits per heavy atom. The lowest BCUT2D eigenvalue weighted by molar-refractivity contribution is 0.639. The first-order valence-electron chi connectivity index (χ1n) is 6.93. The van der Waals surface area contributed by atoms with Crippen molar-refractivity contribution >= 4 is 22.9 Å². The van der Waals surface area contributed by atoms with E-state index in [1.165, 1.54) is 17.0 Å². The predicted molar refractivity (Wildman–Crippen MR) is 85.0 cm³/mol. The van der Waals surface area contributed by atoms with Gasteiger partial charge in [0.15, 0.2) is 0 Å². The van der Waals surface area contributed by atoms with E-state index < -0.39 is 0 Å². The second kappa shape index (κ2) is 7.66. The molecule has 3 heteroatoms. The van der Waals surface area contributed by atoms with Gasteiger partial charge >= 0.3 is 0 Å². The Hall–Kier alpha value is -0.860.